The van der Waals surface area contributed by atoms with E-state index in [9.17, 15) is 0 Å². The summed E-state index contributed by atoms with van der Waals surface area (Å²) in [6.07, 6.45) is 6.50. The van der Waals surface area contributed by atoms with Crippen LogP contribution in [0, 0.1) is 6.92 Å². The van der Waals surface area contributed by atoms with Crippen LogP contribution in [0.2, 0.25) is 0 Å². The highest BCUT2D eigenvalue weighted by Gasteiger charge is 2.17. The molecular formula is C16H15N3O3. The topological polar surface area (TPSA) is 70.3 Å². The number of nitrogens with zero attached hydrogens (tertiary/aromatic N) is 3. The van der Waals surface area contributed by atoms with Crippen LogP contribution in [-0.4, -0.2) is 29.3 Å². The van der Waals surface area contributed by atoms with E-state index in [4.69, 9.17) is 14.0 Å². The zero-order valence-corrected chi connectivity index (χ0v) is 12.5. The molecule has 0 saturated carbocycles. The van der Waals surface area contributed by atoms with Crippen molar-refractivity contribution in [1.82, 2.24) is 15.1 Å². The number of methoxy groups -OCH3 is 2. The Morgan fingerprint density at radius 2 is 1.77 bits per heavy atom. The summed E-state index contributed by atoms with van der Waals surface area (Å²) in [4.78, 5) is 8.06. The van der Waals surface area contributed by atoms with E-state index in [-0.39, 0.29) is 0 Å². The Morgan fingerprint density at radius 1 is 1.00 bits per heavy atom. The van der Waals surface area contributed by atoms with Crippen molar-refractivity contribution in [2.45, 2.75) is 6.92 Å². The highest BCUT2D eigenvalue weighted by atomic mass is 16.5. The van der Waals surface area contributed by atoms with Crippen LogP contribution in [0.15, 0.2) is 41.6 Å². The summed E-state index contributed by atoms with van der Waals surface area (Å²) in [7, 11) is 3.23. The molecule has 0 N–H and O–H groups in total. The predicted octanol–water partition coefficient (Wildman–Crippen LogP) is 3.12. The van der Waals surface area contributed by atoms with E-state index in [1.807, 2.05) is 19.1 Å². The third-order valence-corrected chi connectivity index (χ3v) is 3.38. The molecule has 0 bridgehead atoms. The van der Waals surface area contributed by atoms with E-state index in [0.717, 1.165) is 22.3 Å². The lowest BCUT2D eigenvalue weighted by atomic mass is 10.0. The number of aryl methyl sites for hydroxylation is 1. The van der Waals surface area contributed by atoms with Crippen molar-refractivity contribution >= 4 is 0 Å². The highest BCUT2D eigenvalue weighted by molar-refractivity contribution is 5.80. The molecule has 0 fully saturated rings. The van der Waals surface area contributed by atoms with E-state index in [1.165, 1.54) is 6.33 Å². The molecule has 0 spiro atoms. The average Bonchev–Trinajstić information content (AvgIpc) is 3.04. The Morgan fingerprint density at radius 3 is 2.45 bits per heavy atom. The summed E-state index contributed by atoms with van der Waals surface area (Å²) in [5, 5.41) is 4.11. The number of benzene rings is 1. The third-order valence-electron chi connectivity index (χ3n) is 3.38. The lowest BCUT2D eigenvalue weighted by Crippen LogP contribution is -1.95. The maximum absolute atomic E-state index is 5.39. The Labute approximate surface area is 127 Å². The summed E-state index contributed by atoms with van der Waals surface area (Å²) in [6, 6.07) is 3.85. The van der Waals surface area contributed by atoms with Crippen molar-refractivity contribution in [2.24, 2.45) is 0 Å². The molecule has 0 aliphatic heterocycles. The first-order valence-corrected chi connectivity index (χ1v) is 6.67. The SMILES string of the molecule is COc1cc(-c2nocc2-c2cncnc2)cc(C)c1OC. The summed E-state index contributed by atoms with van der Waals surface area (Å²) in [5.74, 6) is 1.36. The zero-order valence-electron chi connectivity index (χ0n) is 12.5. The number of rotatable bonds is 4. The van der Waals surface area contributed by atoms with Gasteiger partial charge < -0.3 is 14.0 Å². The van der Waals surface area contributed by atoms with Crippen LogP contribution in [0.1, 0.15) is 5.56 Å². The summed E-state index contributed by atoms with van der Waals surface area (Å²) in [5.41, 5.74) is 4.20. The van der Waals surface area contributed by atoms with Gasteiger partial charge in [0.25, 0.3) is 0 Å². The molecule has 0 unspecified atom stereocenters. The first kappa shape index (κ1) is 14.1. The monoisotopic (exact) mass is 297 g/mol. The minimum atomic E-state index is 0.649. The molecular weight excluding hydrogens is 282 g/mol. The normalized spacial score (nSPS) is 10.5. The molecule has 2 aromatic heterocycles. The maximum Gasteiger partial charge on any atom is 0.163 e. The van der Waals surface area contributed by atoms with Crippen molar-refractivity contribution < 1.29 is 14.0 Å². The van der Waals surface area contributed by atoms with Gasteiger partial charge in [-0.05, 0) is 24.6 Å². The van der Waals surface area contributed by atoms with Crippen LogP contribution >= 0.6 is 0 Å². The second kappa shape index (κ2) is 5.85. The fourth-order valence-electron chi connectivity index (χ4n) is 2.38. The summed E-state index contributed by atoms with van der Waals surface area (Å²) < 4.78 is 15.9. The van der Waals surface area contributed by atoms with Gasteiger partial charge in [-0.1, -0.05) is 5.16 Å². The number of aromatic nitrogens is 3. The van der Waals surface area contributed by atoms with Crippen molar-refractivity contribution in [1.29, 1.82) is 0 Å². The van der Waals surface area contributed by atoms with Gasteiger partial charge in [-0.2, -0.15) is 0 Å². The molecule has 0 amide bonds. The van der Waals surface area contributed by atoms with Gasteiger partial charge in [0, 0.05) is 23.5 Å². The molecule has 3 aromatic rings. The zero-order chi connectivity index (χ0) is 15.5. The molecule has 3 rings (SSSR count). The quantitative estimate of drug-likeness (QED) is 0.737. The smallest absolute Gasteiger partial charge is 0.163 e. The van der Waals surface area contributed by atoms with Crippen molar-refractivity contribution in [2.75, 3.05) is 14.2 Å². The number of hydrogen-bond donors (Lipinski definition) is 0. The van der Waals surface area contributed by atoms with Crippen molar-refractivity contribution in [3.8, 4) is 33.9 Å². The first-order valence-electron chi connectivity index (χ1n) is 6.67. The Hall–Kier alpha value is -2.89. The largest absolute Gasteiger partial charge is 0.493 e. The lowest BCUT2D eigenvalue weighted by molar-refractivity contribution is 0.353. The summed E-state index contributed by atoms with van der Waals surface area (Å²) in [6.45, 7) is 1.95. The Balaban J connectivity index is 2.14. The van der Waals surface area contributed by atoms with Crippen LogP contribution in [0.5, 0.6) is 11.5 Å². The first-order chi connectivity index (χ1) is 10.7. The molecule has 22 heavy (non-hydrogen) atoms. The van der Waals surface area contributed by atoms with Gasteiger partial charge in [-0.15, -0.1) is 0 Å². The molecule has 2 heterocycles. The minimum Gasteiger partial charge on any atom is -0.493 e. The van der Waals surface area contributed by atoms with Gasteiger partial charge in [-0.25, -0.2) is 9.97 Å². The van der Waals surface area contributed by atoms with E-state index in [1.54, 1.807) is 32.9 Å². The second-order valence-electron chi connectivity index (χ2n) is 4.73. The lowest BCUT2D eigenvalue weighted by Gasteiger charge is -2.12. The van der Waals surface area contributed by atoms with Crippen LogP contribution in [0.25, 0.3) is 22.4 Å². The molecule has 0 aliphatic rings. The number of ether oxygens (including phenoxy) is 2. The standard InChI is InChI=1S/C16H15N3O3/c1-10-4-11(5-14(20-2)16(10)21-3)15-13(8-22-19-15)12-6-17-9-18-7-12/h4-9H,1-3H3. The average molecular weight is 297 g/mol. The van der Waals surface area contributed by atoms with Crippen molar-refractivity contribution in [3.63, 3.8) is 0 Å². The molecule has 0 atom stereocenters. The van der Waals surface area contributed by atoms with Gasteiger partial charge in [0.2, 0.25) is 0 Å². The minimum absolute atomic E-state index is 0.649. The van der Waals surface area contributed by atoms with Gasteiger partial charge >= 0.3 is 0 Å². The Bertz CT molecular complexity index is 785. The van der Waals surface area contributed by atoms with Crippen LogP contribution in [0.3, 0.4) is 0 Å². The predicted molar refractivity (Wildman–Crippen MR) is 80.8 cm³/mol. The van der Waals surface area contributed by atoms with Crippen LogP contribution in [-0.2, 0) is 0 Å². The third kappa shape index (κ3) is 2.39. The van der Waals surface area contributed by atoms with Gasteiger partial charge in [0.15, 0.2) is 11.5 Å². The molecule has 6 nitrogen and oxygen atoms in total. The van der Waals surface area contributed by atoms with Gasteiger partial charge in [0.05, 0.1) is 19.8 Å². The maximum atomic E-state index is 5.39. The molecule has 1 aromatic carbocycles. The van der Waals surface area contributed by atoms with E-state index in [2.05, 4.69) is 15.1 Å². The summed E-state index contributed by atoms with van der Waals surface area (Å²) >= 11 is 0. The molecule has 0 aliphatic carbocycles. The highest BCUT2D eigenvalue weighted by Crippen LogP contribution is 2.38. The van der Waals surface area contributed by atoms with Gasteiger partial charge in [-0.3, -0.25) is 0 Å². The van der Waals surface area contributed by atoms with Crippen LogP contribution < -0.4 is 9.47 Å². The van der Waals surface area contributed by atoms with Crippen LogP contribution in [0.4, 0.5) is 0 Å². The fourth-order valence-corrected chi connectivity index (χ4v) is 2.38. The van der Waals surface area contributed by atoms with Crippen molar-refractivity contribution in [3.05, 3.63) is 42.7 Å². The molecule has 0 radical (unpaired) electrons. The second-order valence-corrected chi connectivity index (χ2v) is 4.73. The fraction of sp³-hybridized carbons (Fsp3) is 0.188. The number of hydrogen-bond acceptors (Lipinski definition) is 6. The molecule has 112 valence electrons. The van der Waals surface area contributed by atoms with E-state index >= 15 is 0 Å². The Kier molecular flexibility index (Phi) is 3.74. The molecule has 6 heteroatoms. The van der Waals surface area contributed by atoms with E-state index < -0.39 is 0 Å². The van der Waals surface area contributed by atoms with E-state index in [0.29, 0.717) is 17.2 Å². The molecule has 0 saturated heterocycles. The van der Waals surface area contributed by atoms with Gasteiger partial charge in [0.1, 0.15) is 18.3 Å².